The number of benzene rings is 4. The molecule has 0 unspecified atom stereocenters. The topological polar surface area (TPSA) is 46.0 Å². The molecule has 0 aliphatic carbocycles. The molecule has 0 radical (unpaired) electrons. The van der Waals surface area contributed by atoms with Gasteiger partial charge in [0.25, 0.3) is 0 Å². The first-order valence-corrected chi connectivity index (χ1v) is 13.1. The van der Waals surface area contributed by atoms with Crippen LogP contribution in [0, 0.1) is 6.07 Å². The molecule has 4 aromatic carbocycles. The number of rotatable bonds is 5. The molecule has 0 amide bonds. The van der Waals surface area contributed by atoms with Gasteiger partial charge in [-0.1, -0.05) is 85.6 Å². The summed E-state index contributed by atoms with van der Waals surface area (Å²) in [4.78, 5) is 9.56. The number of hydrogen-bond donors (Lipinski definition) is 1. The predicted octanol–water partition coefficient (Wildman–Crippen LogP) is 8.52. The van der Waals surface area contributed by atoms with Gasteiger partial charge in [-0.2, -0.15) is 0 Å². The van der Waals surface area contributed by atoms with E-state index in [4.69, 9.17) is 4.98 Å². The number of aromatic hydroxyl groups is 1. The first-order chi connectivity index (χ1) is 18.0. The minimum Gasteiger partial charge on any atom is -0.507 e. The van der Waals surface area contributed by atoms with Crippen molar-refractivity contribution in [1.29, 1.82) is 0 Å². The Labute approximate surface area is 241 Å². The molecule has 0 atom stereocenters. The van der Waals surface area contributed by atoms with Crippen molar-refractivity contribution >= 4 is 21.6 Å². The molecule has 0 saturated heterocycles. The second kappa shape index (κ2) is 10.6. The summed E-state index contributed by atoms with van der Waals surface area (Å²) in [6.07, 6.45) is 1.80. The van der Waals surface area contributed by atoms with Gasteiger partial charge in [0, 0.05) is 43.1 Å². The maximum atomic E-state index is 10.5. The first kappa shape index (κ1) is 26.0. The fourth-order valence-corrected chi connectivity index (χ4v) is 5.75. The van der Waals surface area contributed by atoms with Crippen molar-refractivity contribution in [1.82, 2.24) is 9.97 Å². The summed E-state index contributed by atoms with van der Waals surface area (Å²) < 4.78 is 1.08. The van der Waals surface area contributed by atoms with Gasteiger partial charge in [0.2, 0.25) is 0 Å². The molecule has 0 aliphatic heterocycles. The Kier molecular flexibility index (Phi) is 7.29. The number of nitrogens with zero attached hydrogens (tertiary/aromatic N) is 2. The van der Waals surface area contributed by atoms with E-state index in [1.807, 2.05) is 54.6 Å². The Balaban J connectivity index is 0.00000294. The fraction of sp³-hybridized carbons (Fsp3) is 0.0909. The van der Waals surface area contributed by atoms with Crippen LogP contribution >= 0.6 is 11.3 Å². The number of phenolic OH excluding ortho intramolecular Hbond substituents is 1. The van der Waals surface area contributed by atoms with Gasteiger partial charge in [-0.25, -0.2) is 4.98 Å². The molecule has 1 N–H and O–H groups in total. The van der Waals surface area contributed by atoms with E-state index < -0.39 is 0 Å². The minimum absolute atomic E-state index is 0. The number of pyridine rings is 1. The molecule has 38 heavy (non-hydrogen) atoms. The standard InChI is InChI=1S/C33H25N2OS.Pt/c1-33(2,24-13-4-3-5-14-24)25-20-27(22-11-10-12-23(19-22)28-16-8-9-18-34-28)31-30(21-25)37-32(35-31)26-15-6-7-17-29(26)36;/h3-18,20-21,36H,1-2H3;/q-1;. The monoisotopic (exact) mass is 692 g/mol. The van der Waals surface area contributed by atoms with Crippen LogP contribution in [0.4, 0.5) is 0 Å². The molecular formula is C33H25N2OPtS-. The van der Waals surface area contributed by atoms with E-state index in [0.717, 1.165) is 43.2 Å². The summed E-state index contributed by atoms with van der Waals surface area (Å²) in [6.45, 7) is 4.51. The van der Waals surface area contributed by atoms with Crippen molar-refractivity contribution in [3.8, 4) is 38.7 Å². The Bertz CT molecular complexity index is 1710. The predicted molar refractivity (Wildman–Crippen MR) is 153 cm³/mol. The molecule has 2 aromatic heterocycles. The summed E-state index contributed by atoms with van der Waals surface area (Å²) in [5.74, 6) is 0.233. The molecule has 5 heteroatoms. The van der Waals surface area contributed by atoms with Gasteiger partial charge in [0.1, 0.15) is 10.8 Å². The zero-order valence-electron chi connectivity index (χ0n) is 21.0. The summed E-state index contributed by atoms with van der Waals surface area (Å²) in [5, 5.41) is 11.3. The van der Waals surface area contributed by atoms with Gasteiger partial charge >= 0.3 is 0 Å². The van der Waals surface area contributed by atoms with Gasteiger partial charge in [0.15, 0.2) is 0 Å². The second-order valence-corrected chi connectivity index (χ2v) is 10.6. The van der Waals surface area contributed by atoms with Crippen LogP contribution in [0.2, 0.25) is 0 Å². The first-order valence-electron chi connectivity index (χ1n) is 12.2. The van der Waals surface area contributed by atoms with Crippen LogP contribution in [0.1, 0.15) is 25.0 Å². The van der Waals surface area contributed by atoms with Crippen LogP contribution in [0.25, 0.3) is 43.2 Å². The SMILES string of the molecule is CC(C)(c1ccccc1)c1cc(-c2[c-]c(-c3ccccn3)ccc2)c2nc(-c3ccccc3O)sc2c1.[Pt]. The van der Waals surface area contributed by atoms with E-state index in [1.165, 1.54) is 11.1 Å². The van der Waals surface area contributed by atoms with E-state index in [1.54, 1.807) is 23.6 Å². The maximum absolute atomic E-state index is 10.5. The van der Waals surface area contributed by atoms with E-state index >= 15 is 0 Å². The van der Waals surface area contributed by atoms with Crippen LogP contribution in [-0.4, -0.2) is 15.1 Å². The largest absolute Gasteiger partial charge is 0.507 e. The second-order valence-electron chi connectivity index (χ2n) is 9.59. The number of para-hydroxylation sites is 1. The molecule has 0 spiro atoms. The number of fused-ring (bicyclic) bond motifs is 1. The molecular weight excluding hydrogens is 668 g/mol. The Morgan fingerprint density at radius 1 is 0.737 bits per heavy atom. The summed E-state index contributed by atoms with van der Waals surface area (Å²) >= 11 is 1.60. The Morgan fingerprint density at radius 2 is 1.47 bits per heavy atom. The van der Waals surface area contributed by atoms with Gasteiger partial charge in [0.05, 0.1) is 11.1 Å². The molecule has 0 bridgehead atoms. The Morgan fingerprint density at radius 3 is 2.24 bits per heavy atom. The van der Waals surface area contributed by atoms with E-state index in [2.05, 4.69) is 67.4 Å². The van der Waals surface area contributed by atoms with Crippen LogP contribution in [0.3, 0.4) is 0 Å². The van der Waals surface area contributed by atoms with E-state index in [0.29, 0.717) is 0 Å². The van der Waals surface area contributed by atoms with Crippen molar-refractivity contribution < 1.29 is 26.2 Å². The average molecular weight is 693 g/mol. The van der Waals surface area contributed by atoms with Crippen molar-refractivity contribution in [2.45, 2.75) is 19.3 Å². The van der Waals surface area contributed by atoms with Crippen LogP contribution < -0.4 is 0 Å². The van der Waals surface area contributed by atoms with Crippen molar-refractivity contribution in [2.75, 3.05) is 0 Å². The summed E-state index contributed by atoms with van der Waals surface area (Å²) in [5.41, 5.74) is 7.68. The van der Waals surface area contributed by atoms with Gasteiger partial charge < -0.3 is 5.11 Å². The van der Waals surface area contributed by atoms with Crippen molar-refractivity contribution in [3.05, 3.63) is 127 Å². The van der Waals surface area contributed by atoms with E-state index in [-0.39, 0.29) is 32.2 Å². The van der Waals surface area contributed by atoms with Crippen LogP contribution in [-0.2, 0) is 26.5 Å². The summed E-state index contributed by atoms with van der Waals surface area (Å²) in [7, 11) is 0. The zero-order chi connectivity index (χ0) is 25.4. The normalized spacial score (nSPS) is 11.3. The average Bonchev–Trinajstić information content (AvgIpc) is 3.38. The molecule has 190 valence electrons. The van der Waals surface area contributed by atoms with E-state index in [9.17, 15) is 5.11 Å². The molecule has 3 nitrogen and oxygen atoms in total. The Hall–Kier alpha value is -3.59. The molecule has 0 aliphatic rings. The van der Waals surface area contributed by atoms with Gasteiger partial charge in [-0.3, -0.25) is 4.98 Å². The number of aromatic nitrogens is 2. The quantitative estimate of drug-likeness (QED) is 0.184. The van der Waals surface area contributed by atoms with Crippen LogP contribution in [0.5, 0.6) is 5.75 Å². The zero-order valence-corrected chi connectivity index (χ0v) is 24.0. The number of thiazole rings is 1. The third-order valence-corrected chi connectivity index (χ3v) is 7.91. The fourth-order valence-electron chi connectivity index (χ4n) is 4.68. The third kappa shape index (κ3) is 4.82. The molecule has 0 saturated carbocycles. The minimum atomic E-state index is -0.220. The molecule has 2 heterocycles. The van der Waals surface area contributed by atoms with Crippen molar-refractivity contribution in [3.63, 3.8) is 0 Å². The van der Waals surface area contributed by atoms with Crippen LogP contribution in [0.15, 0.2) is 109 Å². The number of hydrogen-bond acceptors (Lipinski definition) is 4. The third-order valence-electron chi connectivity index (χ3n) is 6.87. The number of phenols is 1. The van der Waals surface area contributed by atoms with Gasteiger partial charge in [-0.05, 0) is 35.4 Å². The molecule has 0 fully saturated rings. The maximum Gasteiger partial charge on any atom is 0.127 e. The molecule has 6 aromatic rings. The smallest absolute Gasteiger partial charge is 0.127 e. The van der Waals surface area contributed by atoms with Crippen molar-refractivity contribution in [2.24, 2.45) is 0 Å². The van der Waals surface area contributed by atoms with Gasteiger partial charge in [-0.15, -0.1) is 41.2 Å². The summed E-state index contributed by atoms with van der Waals surface area (Å²) in [6, 6.07) is 38.1. The molecule has 6 rings (SSSR count).